The number of aryl methyl sites for hydroxylation is 1. The molecule has 4 heteroatoms. The Morgan fingerprint density at radius 3 is 2.68 bits per heavy atom. The van der Waals surface area contributed by atoms with Gasteiger partial charge in [0.1, 0.15) is 0 Å². The number of benzene rings is 1. The van der Waals surface area contributed by atoms with E-state index in [0.29, 0.717) is 24.9 Å². The van der Waals surface area contributed by atoms with E-state index in [0.717, 1.165) is 12.2 Å². The predicted octanol–water partition coefficient (Wildman–Crippen LogP) is 2.86. The Morgan fingerprint density at radius 1 is 1.26 bits per heavy atom. The molecule has 2 rings (SSSR count). The van der Waals surface area contributed by atoms with E-state index in [1.165, 1.54) is 11.1 Å². The molecule has 1 unspecified atom stereocenters. The van der Waals surface area contributed by atoms with Crippen LogP contribution in [0.2, 0.25) is 0 Å². The van der Waals surface area contributed by atoms with Crippen molar-refractivity contribution >= 4 is 0 Å². The van der Waals surface area contributed by atoms with Crippen LogP contribution in [-0.4, -0.2) is 16.2 Å². The van der Waals surface area contributed by atoms with Gasteiger partial charge in [-0.15, -0.1) is 0 Å². The van der Waals surface area contributed by atoms with Crippen molar-refractivity contribution < 1.29 is 4.52 Å². The summed E-state index contributed by atoms with van der Waals surface area (Å²) in [5.74, 6) is 1.40. The highest BCUT2D eigenvalue weighted by Crippen LogP contribution is 2.08. The van der Waals surface area contributed by atoms with Crippen molar-refractivity contribution in [1.82, 2.24) is 15.5 Å². The van der Waals surface area contributed by atoms with E-state index in [1.54, 1.807) is 0 Å². The summed E-state index contributed by atoms with van der Waals surface area (Å²) >= 11 is 0. The summed E-state index contributed by atoms with van der Waals surface area (Å²) in [5.41, 5.74) is 2.46. The second kappa shape index (κ2) is 6.48. The number of nitrogens with one attached hydrogen (secondary N) is 1. The zero-order valence-corrected chi connectivity index (χ0v) is 11.8. The molecule has 1 atom stereocenters. The molecule has 0 spiro atoms. The molecule has 0 fully saturated rings. The van der Waals surface area contributed by atoms with Gasteiger partial charge in [0.05, 0.1) is 6.54 Å². The van der Waals surface area contributed by atoms with Gasteiger partial charge < -0.3 is 9.84 Å². The van der Waals surface area contributed by atoms with Gasteiger partial charge in [0.2, 0.25) is 5.89 Å². The molecule has 0 aliphatic carbocycles. The Labute approximate surface area is 114 Å². The zero-order chi connectivity index (χ0) is 13.7. The molecule has 0 aliphatic rings. The molecule has 102 valence electrons. The minimum absolute atomic E-state index is 0.465. The van der Waals surface area contributed by atoms with Crippen LogP contribution in [0.5, 0.6) is 0 Å². The summed E-state index contributed by atoms with van der Waals surface area (Å²) in [7, 11) is 0. The lowest BCUT2D eigenvalue weighted by Gasteiger charge is -2.07. The second-order valence-electron chi connectivity index (χ2n) is 4.96. The Morgan fingerprint density at radius 2 is 2.00 bits per heavy atom. The van der Waals surface area contributed by atoms with E-state index in [-0.39, 0.29) is 0 Å². The molecule has 1 aromatic heterocycles. The third-order valence-electron chi connectivity index (χ3n) is 3.21. The Hall–Kier alpha value is -1.68. The molecule has 0 radical (unpaired) electrons. The predicted molar refractivity (Wildman–Crippen MR) is 74.9 cm³/mol. The van der Waals surface area contributed by atoms with Gasteiger partial charge >= 0.3 is 0 Å². The largest absolute Gasteiger partial charge is 0.338 e. The van der Waals surface area contributed by atoms with Gasteiger partial charge in [-0.25, -0.2) is 0 Å². The van der Waals surface area contributed by atoms with E-state index in [1.807, 2.05) is 0 Å². The van der Waals surface area contributed by atoms with Crippen molar-refractivity contribution in [2.24, 2.45) is 0 Å². The fourth-order valence-corrected chi connectivity index (χ4v) is 1.73. The number of hydrogen-bond donors (Lipinski definition) is 1. The van der Waals surface area contributed by atoms with E-state index >= 15 is 0 Å². The smallest absolute Gasteiger partial charge is 0.240 e. The monoisotopic (exact) mass is 259 g/mol. The normalized spacial score (nSPS) is 12.6. The van der Waals surface area contributed by atoms with Crippen molar-refractivity contribution in [1.29, 1.82) is 0 Å². The van der Waals surface area contributed by atoms with Crippen LogP contribution in [0.3, 0.4) is 0 Å². The molecule has 0 saturated heterocycles. The molecule has 1 aromatic carbocycles. The first-order valence-electron chi connectivity index (χ1n) is 6.77. The van der Waals surface area contributed by atoms with Gasteiger partial charge in [-0.3, -0.25) is 0 Å². The van der Waals surface area contributed by atoms with Gasteiger partial charge in [0.15, 0.2) is 5.82 Å². The number of nitrogens with zero attached hydrogens (tertiary/aromatic N) is 2. The van der Waals surface area contributed by atoms with Crippen molar-refractivity contribution in [3.8, 4) is 0 Å². The maximum absolute atomic E-state index is 5.23. The molecular formula is C15H21N3O. The average Bonchev–Trinajstić information content (AvgIpc) is 2.86. The van der Waals surface area contributed by atoms with E-state index in [2.05, 4.69) is 60.5 Å². The molecular weight excluding hydrogens is 238 g/mol. The fourth-order valence-electron chi connectivity index (χ4n) is 1.73. The molecule has 0 bridgehead atoms. The molecule has 0 amide bonds. The van der Waals surface area contributed by atoms with Crippen LogP contribution in [0, 0.1) is 6.92 Å². The Bertz CT molecular complexity index is 504. The number of aromatic nitrogens is 2. The molecule has 1 heterocycles. The van der Waals surface area contributed by atoms with Crippen LogP contribution in [0.1, 0.15) is 43.1 Å². The average molecular weight is 259 g/mol. The lowest BCUT2D eigenvalue weighted by Crippen LogP contribution is -2.24. The Balaban J connectivity index is 1.91. The van der Waals surface area contributed by atoms with Crippen LogP contribution in [0.15, 0.2) is 28.8 Å². The number of rotatable bonds is 6. The molecule has 0 saturated carbocycles. The second-order valence-corrected chi connectivity index (χ2v) is 4.96. The third kappa shape index (κ3) is 4.17. The van der Waals surface area contributed by atoms with Crippen molar-refractivity contribution in [2.45, 2.75) is 46.2 Å². The summed E-state index contributed by atoms with van der Waals surface area (Å²) < 4.78 is 5.23. The lowest BCUT2D eigenvalue weighted by molar-refractivity contribution is 0.354. The van der Waals surface area contributed by atoms with Gasteiger partial charge in [-0.2, -0.15) is 4.98 Å². The molecule has 4 nitrogen and oxygen atoms in total. The van der Waals surface area contributed by atoms with Crippen molar-refractivity contribution in [2.75, 3.05) is 0 Å². The number of hydrogen-bond acceptors (Lipinski definition) is 4. The first-order chi connectivity index (χ1) is 9.17. The van der Waals surface area contributed by atoms with Gasteiger partial charge in [-0.05, 0) is 25.8 Å². The van der Waals surface area contributed by atoms with Crippen molar-refractivity contribution in [3.63, 3.8) is 0 Å². The van der Waals surface area contributed by atoms with E-state index < -0.39 is 0 Å². The summed E-state index contributed by atoms with van der Waals surface area (Å²) in [4.78, 5) is 4.39. The van der Waals surface area contributed by atoms with Crippen molar-refractivity contribution in [3.05, 3.63) is 47.1 Å². The standard InChI is InChI=1S/C15H21N3O/c1-4-12(3)16-10-15-17-14(18-19-15)9-13-7-5-11(2)6-8-13/h5-8,12,16H,4,9-10H2,1-3H3. The highest BCUT2D eigenvalue weighted by Gasteiger charge is 2.08. The maximum atomic E-state index is 5.23. The molecule has 2 aromatic rings. The SMILES string of the molecule is CCC(C)NCc1nc(Cc2ccc(C)cc2)no1. The topological polar surface area (TPSA) is 51.0 Å². The van der Waals surface area contributed by atoms with Crippen LogP contribution in [-0.2, 0) is 13.0 Å². The van der Waals surface area contributed by atoms with E-state index in [4.69, 9.17) is 4.52 Å². The van der Waals surface area contributed by atoms with Crippen LogP contribution >= 0.6 is 0 Å². The van der Waals surface area contributed by atoms with Gasteiger partial charge in [-0.1, -0.05) is 41.9 Å². The summed E-state index contributed by atoms with van der Waals surface area (Å²) in [6, 6.07) is 8.86. The minimum Gasteiger partial charge on any atom is -0.338 e. The highest BCUT2D eigenvalue weighted by molar-refractivity contribution is 5.23. The van der Waals surface area contributed by atoms with Gasteiger partial charge in [0, 0.05) is 12.5 Å². The molecule has 19 heavy (non-hydrogen) atoms. The lowest BCUT2D eigenvalue weighted by atomic mass is 10.1. The fraction of sp³-hybridized carbons (Fsp3) is 0.467. The van der Waals surface area contributed by atoms with Crippen LogP contribution < -0.4 is 5.32 Å². The first kappa shape index (κ1) is 13.7. The summed E-state index contributed by atoms with van der Waals surface area (Å²) in [6.45, 7) is 7.00. The summed E-state index contributed by atoms with van der Waals surface area (Å²) in [6.07, 6.45) is 1.80. The zero-order valence-electron chi connectivity index (χ0n) is 11.8. The third-order valence-corrected chi connectivity index (χ3v) is 3.21. The van der Waals surface area contributed by atoms with E-state index in [9.17, 15) is 0 Å². The minimum atomic E-state index is 0.465. The van der Waals surface area contributed by atoms with Crippen LogP contribution in [0.4, 0.5) is 0 Å². The molecule has 1 N–H and O–H groups in total. The summed E-state index contributed by atoms with van der Waals surface area (Å²) in [5, 5.41) is 7.35. The van der Waals surface area contributed by atoms with Crippen LogP contribution in [0.25, 0.3) is 0 Å². The Kier molecular flexibility index (Phi) is 4.68. The first-order valence-corrected chi connectivity index (χ1v) is 6.77. The molecule has 0 aliphatic heterocycles. The quantitative estimate of drug-likeness (QED) is 0.866. The highest BCUT2D eigenvalue weighted by atomic mass is 16.5. The maximum Gasteiger partial charge on any atom is 0.240 e. The van der Waals surface area contributed by atoms with Gasteiger partial charge in [0.25, 0.3) is 0 Å².